The lowest BCUT2D eigenvalue weighted by Gasteiger charge is -2.38. The van der Waals surface area contributed by atoms with Gasteiger partial charge in [-0.3, -0.25) is 19.4 Å². The van der Waals surface area contributed by atoms with Gasteiger partial charge in [-0.2, -0.15) is 0 Å². The van der Waals surface area contributed by atoms with E-state index in [-0.39, 0.29) is 30.9 Å². The maximum Gasteiger partial charge on any atom is 0.241 e. The van der Waals surface area contributed by atoms with Crippen molar-refractivity contribution in [1.82, 2.24) is 4.90 Å². The van der Waals surface area contributed by atoms with Gasteiger partial charge in [-0.15, -0.1) is 0 Å². The third-order valence-electron chi connectivity index (χ3n) is 6.29. The Bertz CT molecular complexity index is 1230. The maximum absolute atomic E-state index is 13.7. The number of para-hydroxylation sites is 2. The Kier molecular flexibility index (Phi) is 7.04. The molecule has 3 aromatic carbocycles. The van der Waals surface area contributed by atoms with Crippen molar-refractivity contribution in [3.8, 4) is 17.2 Å². The number of nitrogens with one attached hydrogen (secondary N) is 1. The van der Waals surface area contributed by atoms with Gasteiger partial charge in [-0.05, 0) is 36.4 Å². The van der Waals surface area contributed by atoms with Crippen molar-refractivity contribution in [3.63, 3.8) is 0 Å². The monoisotopic (exact) mass is 487 g/mol. The molecule has 36 heavy (non-hydrogen) atoms. The van der Waals surface area contributed by atoms with E-state index < -0.39 is 0 Å². The lowest BCUT2D eigenvalue weighted by molar-refractivity contribution is -0.122. The van der Waals surface area contributed by atoms with Gasteiger partial charge in [0.15, 0.2) is 11.5 Å². The van der Waals surface area contributed by atoms with E-state index in [1.54, 1.807) is 23.1 Å². The molecule has 0 saturated carbocycles. The van der Waals surface area contributed by atoms with Crippen molar-refractivity contribution in [2.75, 3.05) is 49.7 Å². The van der Waals surface area contributed by atoms with Crippen molar-refractivity contribution in [3.05, 3.63) is 78.4 Å². The molecule has 2 aliphatic rings. The molecule has 1 unspecified atom stereocenters. The quantitative estimate of drug-likeness (QED) is 0.545. The van der Waals surface area contributed by atoms with Crippen LogP contribution >= 0.6 is 0 Å². The van der Waals surface area contributed by atoms with Gasteiger partial charge < -0.3 is 19.5 Å². The molecule has 8 heteroatoms. The number of rotatable bonds is 7. The van der Waals surface area contributed by atoms with Crippen LogP contribution in [-0.2, 0) is 9.59 Å². The number of amides is 2. The standard InChI is InChI=1S/C28H29N3O5/c1-2-30(17-27(32)29-21-12-13-25-26(16-21)35-15-14-34-25)18-28(33)31-22-10-6-7-11-24(22)36-19-23(31)20-8-4-3-5-9-20/h3-13,16,23H,2,14-15,17-19H2,1H3,(H,29,32). The van der Waals surface area contributed by atoms with Crippen LogP contribution in [0.25, 0.3) is 0 Å². The van der Waals surface area contributed by atoms with Gasteiger partial charge in [0.25, 0.3) is 0 Å². The highest BCUT2D eigenvalue weighted by molar-refractivity contribution is 5.98. The van der Waals surface area contributed by atoms with Crippen molar-refractivity contribution in [1.29, 1.82) is 0 Å². The van der Waals surface area contributed by atoms with Crippen LogP contribution in [0.4, 0.5) is 11.4 Å². The van der Waals surface area contributed by atoms with Gasteiger partial charge >= 0.3 is 0 Å². The Labute approximate surface area is 210 Å². The summed E-state index contributed by atoms with van der Waals surface area (Å²) in [5.74, 6) is 1.66. The minimum absolute atomic E-state index is 0.0820. The molecule has 5 rings (SSSR count). The Hall–Kier alpha value is -4.04. The minimum atomic E-state index is -0.251. The molecule has 186 valence electrons. The first kappa shape index (κ1) is 23.7. The predicted molar refractivity (Wildman–Crippen MR) is 137 cm³/mol. The number of fused-ring (bicyclic) bond motifs is 2. The molecule has 0 saturated heterocycles. The number of benzene rings is 3. The largest absolute Gasteiger partial charge is 0.489 e. The number of anilines is 2. The average Bonchev–Trinajstić information content (AvgIpc) is 2.92. The second kappa shape index (κ2) is 10.7. The summed E-state index contributed by atoms with van der Waals surface area (Å²) in [6, 6.07) is 22.5. The molecular weight excluding hydrogens is 458 g/mol. The molecule has 0 aromatic heterocycles. The zero-order valence-electron chi connectivity index (χ0n) is 20.2. The molecule has 8 nitrogen and oxygen atoms in total. The zero-order valence-corrected chi connectivity index (χ0v) is 20.2. The minimum Gasteiger partial charge on any atom is -0.489 e. The van der Waals surface area contributed by atoms with Gasteiger partial charge in [0.1, 0.15) is 25.6 Å². The van der Waals surface area contributed by atoms with Crippen LogP contribution in [-0.4, -0.2) is 56.2 Å². The molecule has 0 bridgehead atoms. The lowest BCUT2D eigenvalue weighted by atomic mass is 10.0. The number of hydrogen-bond donors (Lipinski definition) is 1. The number of ether oxygens (including phenoxy) is 3. The zero-order chi connectivity index (χ0) is 24.9. The Balaban J connectivity index is 1.29. The van der Waals surface area contributed by atoms with Gasteiger partial charge in [0.2, 0.25) is 11.8 Å². The lowest BCUT2D eigenvalue weighted by Crippen LogP contribution is -2.47. The fourth-order valence-corrected chi connectivity index (χ4v) is 4.49. The van der Waals surface area contributed by atoms with Crippen molar-refractivity contribution < 1.29 is 23.8 Å². The first-order valence-corrected chi connectivity index (χ1v) is 12.1. The van der Waals surface area contributed by atoms with E-state index in [0.29, 0.717) is 49.3 Å². The molecule has 2 aliphatic heterocycles. The number of nitrogens with zero attached hydrogens (tertiary/aromatic N) is 2. The van der Waals surface area contributed by atoms with Crippen LogP contribution in [0, 0.1) is 0 Å². The molecule has 1 N–H and O–H groups in total. The fourth-order valence-electron chi connectivity index (χ4n) is 4.49. The summed E-state index contributed by atoms with van der Waals surface area (Å²) in [5.41, 5.74) is 2.36. The summed E-state index contributed by atoms with van der Waals surface area (Å²) < 4.78 is 17.1. The molecule has 0 fully saturated rings. The van der Waals surface area contributed by atoms with Crippen molar-refractivity contribution in [2.45, 2.75) is 13.0 Å². The van der Waals surface area contributed by atoms with Crippen molar-refractivity contribution >= 4 is 23.2 Å². The Morgan fingerprint density at radius 1 is 0.889 bits per heavy atom. The van der Waals surface area contributed by atoms with Crippen LogP contribution in [0.15, 0.2) is 72.8 Å². The van der Waals surface area contributed by atoms with Crippen LogP contribution in [0.1, 0.15) is 18.5 Å². The molecule has 2 amide bonds. The average molecular weight is 488 g/mol. The molecule has 0 spiro atoms. The third-order valence-corrected chi connectivity index (χ3v) is 6.29. The molecule has 2 heterocycles. The summed E-state index contributed by atoms with van der Waals surface area (Å²) in [7, 11) is 0. The number of hydrogen-bond acceptors (Lipinski definition) is 6. The van der Waals surface area contributed by atoms with E-state index in [0.717, 1.165) is 11.3 Å². The number of carbonyl (C=O) groups is 2. The molecule has 1 atom stereocenters. The van der Waals surface area contributed by atoms with E-state index in [9.17, 15) is 9.59 Å². The molecule has 0 radical (unpaired) electrons. The van der Waals surface area contributed by atoms with Gasteiger partial charge in [-0.1, -0.05) is 49.4 Å². The van der Waals surface area contributed by atoms with E-state index >= 15 is 0 Å². The van der Waals surface area contributed by atoms with Crippen LogP contribution in [0.5, 0.6) is 17.2 Å². The highest BCUT2D eigenvalue weighted by Gasteiger charge is 2.34. The Morgan fingerprint density at radius 3 is 2.44 bits per heavy atom. The van der Waals surface area contributed by atoms with Crippen LogP contribution < -0.4 is 24.4 Å². The molecule has 0 aliphatic carbocycles. The van der Waals surface area contributed by atoms with Crippen LogP contribution in [0.3, 0.4) is 0 Å². The third kappa shape index (κ3) is 5.13. The highest BCUT2D eigenvalue weighted by Crippen LogP contribution is 2.39. The van der Waals surface area contributed by atoms with Crippen molar-refractivity contribution in [2.24, 2.45) is 0 Å². The predicted octanol–water partition coefficient (Wildman–Crippen LogP) is 3.89. The van der Waals surface area contributed by atoms with E-state index in [1.807, 2.05) is 66.4 Å². The number of likely N-dealkylation sites (N-methyl/N-ethyl adjacent to an activating group) is 1. The summed E-state index contributed by atoms with van der Waals surface area (Å²) >= 11 is 0. The summed E-state index contributed by atoms with van der Waals surface area (Å²) in [6.07, 6.45) is 0. The summed E-state index contributed by atoms with van der Waals surface area (Å²) in [5, 5.41) is 2.90. The van der Waals surface area contributed by atoms with Crippen LogP contribution in [0.2, 0.25) is 0 Å². The summed E-state index contributed by atoms with van der Waals surface area (Å²) in [6.45, 7) is 4.02. The number of carbonyl (C=O) groups excluding carboxylic acids is 2. The topological polar surface area (TPSA) is 80.3 Å². The first-order chi connectivity index (χ1) is 17.6. The normalized spacial score (nSPS) is 16.2. The van der Waals surface area contributed by atoms with E-state index in [4.69, 9.17) is 14.2 Å². The second-order valence-corrected chi connectivity index (χ2v) is 8.68. The van der Waals surface area contributed by atoms with E-state index in [2.05, 4.69) is 5.32 Å². The molecular formula is C28H29N3O5. The van der Waals surface area contributed by atoms with Gasteiger partial charge in [0, 0.05) is 11.8 Å². The Morgan fingerprint density at radius 2 is 1.64 bits per heavy atom. The first-order valence-electron chi connectivity index (χ1n) is 12.1. The SMILES string of the molecule is CCN(CC(=O)Nc1ccc2c(c1)OCCO2)CC(=O)N1c2ccccc2OCC1c1ccccc1. The fraction of sp³-hybridized carbons (Fsp3) is 0.286. The van der Waals surface area contributed by atoms with E-state index in [1.165, 1.54) is 0 Å². The highest BCUT2D eigenvalue weighted by atomic mass is 16.6. The second-order valence-electron chi connectivity index (χ2n) is 8.68. The van der Waals surface area contributed by atoms with Gasteiger partial charge in [-0.25, -0.2) is 0 Å². The van der Waals surface area contributed by atoms with Gasteiger partial charge in [0.05, 0.1) is 24.8 Å². The molecule has 3 aromatic rings. The maximum atomic E-state index is 13.7. The summed E-state index contributed by atoms with van der Waals surface area (Å²) in [4.78, 5) is 30.1. The smallest absolute Gasteiger partial charge is 0.241 e.